The minimum absolute atomic E-state index is 0.169. The van der Waals surface area contributed by atoms with Gasteiger partial charge in [0, 0.05) is 12.6 Å². The predicted molar refractivity (Wildman–Crippen MR) is 93.3 cm³/mol. The van der Waals surface area contributed by atoms with Gasteiger partial charge in [0.05, 0.1) is 5.39 Å². The minimum Gasteiger partial charge on any atom is -0.506 e. The molecular formula is C19H15NO5. The first-order valence-corrected chi connectivity index (χ1v) is 7.61. The van der Waals surface area contributed by atoms with Crippen molar-refractivity contribution in [3.8, 4) is 5.75 Å². The van der Waals surface area contributed by atoms with Crippen molar-refractivity contribution in [3.63, 3.8) is 0 Å². The number of aliphatic imine (C=N–C) groups is 1. The van der Waals surface area contributed by atoms with Crippen molar-refractivity contribution in [2.45, 2.75) is 12.5 Å². The smallest absolute Gasteiger partial charge is 0.348 e. The first-order valence-electron chi connectivity index (χ1n) is 7.61. The Morgan fingerprint density at radius 1 is 1.12 bits per heavy atom. The number of aliphatic carboxylic acids is 1. The van der Waals surface area contributed by atoms with Crippen LogP contribution in [0.25, 0.3) is 11.0 Å². The van der Waals surface area contributed by atoms with Crippen LogP contribution in [0.15, 0.2) is 68.8 Å². The van der Waals surface area contributed by atoms with Crippen LogP contribution in [0.2, 0.25) is 0 Å². The van der Waals surface area contributed by atoms with E-state index in [1.54, 1.807) is 36.4 Å². The fraction of sp³-hybridized carbons (Fsp3) is 0.105. The summed E-state index contributed by atoms with van der Waals surface area (Å²) >= 11 is 0. The Morgan fingerprint density at radius 2 is 1.80 bits per heavy atom. The molecule has 3 rings (SSSR count). The summed E-state index contributed by atoms with van der Waals surface area (Å²) in [5, 5.41) is 20.0. The van der Waals surface area contributed by atoms with E-state index in [2.05, 4.69) is 4.99 Å². The maximum atomic E-state index is 12.0. The number of carboxylic acid groups (broad SMARTS) is 1. The van der Waals surface area contributed by atoms with Crippen molar-refractivity contribution < 1.29 is 19.4 Å². The van der Waals surface area contributed by atoms with Crippen LogP contribution in [0.4, 0.5) is 0 Å². The van der Waals surface area contributed by atoms with Gasteiger partial charge in [-0.15, -0.1) is 0 Å². The minimum atomic E-state index is -1.12. The highest BCUT2D eigenvalue weighted by molar-refractivity contribution is 5.94. The maximum Gasteiger partial charge on any atom is 0.348 e. The number of nitrogens with zero attached hydrogens (tertiary/aromatic N) is 1. The van der Waals surface area contributed by atoms with Crippen molar-refractivity contribution in [2.24, 2.45) is 4.99 Å². The highest BCUT2D eigenvalue weighted by Gasteiger charge is 2.18. The molecule has 6 nitrogen and oxygen atoms in total. The highest BCUT2D eigenvalue weighted by Crippen LogP contribution is 2.25. The van der Waals surface area contributed by atoms with Gasteiger partial charge in [-0.2, -0.15) is 0 Å². The summed E-state index contributed by atoms with van der Waals surface area (Å²) in [6.45, 7) is 0. The predicted octanol–water partition coefficient (Wildman–Crippen LogP) is 2.61. The standard InChI is InChI=1S/C19H15NO5/c21-17-13-8-4-5-9-16(13)25-19(24)14(17)11-20-15(18(22)23)10-12-6-2-1-3-7-12/h1-9,11,15,21H,10H2,(H,22,23). The molecule has 0 aliphatic rings. The molecule has 0 bridgehead atoms. The van der Waals surface area contributed by atoms with E-state index in [4.69, 9.17) is 4.42 Å². The van der Waals surface area contributed by atoms with Crippen LogP contribution >= 0.6 is 0 Å². The summed E-state index contributed by atoms with van der Waals surface area (Å²) in [6.07, 6.45) is 1.24. The Bertz CT molecular complexity index is 992. The molecule has 1 heterocycles. The highest BCUT2D eigenvalue weighted by atomic mass is 16.4. The molecule has 6 heteroatoms. The van der Waals surface area contributed by atoms with Gasteiger partial charge in [-0.3, -0.25) is 4.99 Å². The van der Waals surface area contributed by atoms with E-state index >= 15 is 0 Å². The molecule has 0 spiro atoms. The topological polar surface area (TPSA) is 100 Å². The van der Waals surface area contributed by atoms with Gasteiger partial charge in [-0.1, -0.05) is 42.5 Å². The van der Waals surface area contributed by atoms with Gasteiger partial charge in [0.1, 0.15) is 16.9 Å². The zero-order valence-electron chi connectivity index (χ0n) is 13.1. The molecule has 0 saturated carbocycles. The fourth-order valence-corrected chi connectivity index (χ4v) is 2.47. The zero-order valence-corrected chi connectivity index (χ0v) is 13.1. The summed E-state index contributed by atoms with van der Waals surface area (Å²) < 4.78 is 5.13. The molecular weight excluding hydrogens is 322 g/mol. The summed E-state index contributed by atoms with van der Waals surface area (Å²) in [5.41, 5.74) is 0.116. The van der Waals surface area contributed by atoms with Crippen LogP contribution < -0.4 is 5.63 Å². The molecule has 1 aromatic heterocycles. The summed E-state index contributed by atoms with van der Waals surface area (Å²) in [6, 6.07) is 14.5. The Balaban J connectivity index is 1.95. The lowest BCUT2D eigenvalue weighted by Crippen LogP contribution is -2.21. The molecule has 1 atom stereocenters. The van der Waals surface area contributed by atoms with Gasteiger partial charge in [0.25, 0.3) is 0 Å². The second kappa shape index (κ2) is 7.00. The van der Waals surface area contributed by atoms with E-state index in [0.29, 0.717) is 5.39 Å². The number of hydrogen-bond acceptors (Lipinski definition) is 5. The van der Waals surface area contributed by atoms with E-state index in [9.17, 15) is 19.8 Å². The van der Waals surface area contributed by atoms with Crippen molar-refractivity contribution in [1.82, 2.24) is 0 Å². The van der Waals surface area contributed by atoms with Crippen molar-refractivity contribution in [2.75, 3.05) is 0 Å². The Kier molecular flexibility index (Phi) is 4.61. The molecule has 0 fully saturated rings. The summed E-state index contributed by atoms with van der Waals surface area (Å²) in [5.74, 6) is -1.40. The number of aromatic hydroxyl groups is 1. The lowest BCUT2D eigenvalue weighted by atomic mass is 10.1. The van der Waals surface area contributed by atoms with Crippen LogP contribution in [0.3, 0.4) is 0 Å². The molecule has 2 aromatic carbocycles. The van der Waals surface area contributed by atoms with Crippen LogP contribution in [0.1, 0.15) is 11.1 Å². The third-order valence-corrected chi connectivity index (χ3v) is 3.76. The molecule has 0 aliphatic carbocycles. The Labute approximate surface area is 142 Å². The molecule has 0 radical (unpaired) electrons. The molecule has 0 aliphatic heterocycles. The Morgan fingerprint density at radius 3 is 2.52 bits per heavy atom. The molecule has 2 N–H and O–H groups in total. The van der Waals surface area contributed by atoms with Crippen molar-refractivity contribution >= 4 is 23.2 Å². The van der Waals surface area contributed by atoms with Crippen LogP contribution in [0.5, 0.6) is 5.75 Å². The summed E-state index contributed by atoms with van der Waals surface area (Å²) in [7, 11) is 0. The van der Waals surface area contributed by atoms with E-state index in [0.717, 1.165) is 11.8 Å². The average Bonchev–Trinajstić information content (AvgIpc) is 2.61. The third kappa shape index (κ3) is 3.58. The second-order valence-electron chi connectivity index (χ2n) is 5.47. The number of benzene rings is 2. The van der Waals surface area contributed by atoms with Crippen LogP contribution in [0, 0.1) is 0 Å². The monoisotopic (exact) mass is 337 g/mol. The quantitative estimate of drug-likeness (QED) is 0.550. The number of hydrogen-bond donors (Lipinski definition) is 2. The zero-order chi connectivity index (χ0) is 17.8. The first-order chi connectivity index (χ1) is 12.1. The van der Waals surface area contributed by atoms with E-state index in [1.807, 2.05) is 18.2 Å². The molecule has 25 heavy (non-hydrogen) atoms. The molecule has 3 aromatic rings. The van der Waals surface area contributed by atoms with E-state index in [-0.39, 0.29) is 23.3 Å². The second-order valence-corrected chi connectivity index (χ2v) is 5.47. The molecule has 0 saturated heterocycles. The number of para-hydroxylation sites is 1. The van der Waals surface area contributed by atoms with Gasteiger partial charge in [-0.05, 0) is 17.7 Å². The SMILES string of the molecule is O=C(O)C(Cc1ccccc1)N=Cc1c(O)c2ccccc2oc1=O. The van der Waals surface area contributed by atoms with Gasteiger partial charge >= 0.3 is 11.6 Å². The largest absolute Gasteiger partial charge is 0.506 e. The molecule has 1 unspecified atom stereocenters. The summed E-state index contributed by atoms with van der Waals surface area (Å²) in [4.78, 5) is 27.4. The van der Waals surface area contributed by atoms with Crippen LogP contribution in [-0.4, -0.2) is 28.4 Å². The number of carboxylic acids is 1. The lowest BCUT2D eigenvalue weighted by Gasteiger charge is -2.08. The number of rotatable bonds is 5. The van der Waals surface area contributed by atoms with Crippen molar-refractivity contribution in [1.29, 1.82) is 0 Å². The fourth-order valence-electron chi connectivity index (χ4n) is 2.47. The molecule has 0 amide bonds. The number of carbonyl (C=O) groups is 1. The van der Waals surface area contributed by atoms with Crippen molar-refractivity contribution in [3.05, 3.63) is 76.1 Å². The van der Waals surface area contributed by atoms with E-state index in [1.165, 1.54) is 0 Å². The van der Waals surface area contributed by atoms with Gasteiger partial charge in [0.2, 0.25) is 0 Å². The maximum absolute atomic E-state index is 12.0. The third-order valence-electron chi connectivity index (χ3n) is 3.76. The average molecular weight is 337 g/mol. The first kappa shape index (κ1) is 16.4. The number of fused-ring (bicyclic) bond motifs is 1. The van der Waals surface area contributed by atoms with E-state index < -0.39 is 17.6 Å². The van der Waals surface area contributed by atoms with Crippen LogP contribution in [-0.2, 0) is 11.2 Å². The van der Waals surface area contributed by atoms with Gasteiger partial charge in [0.15, 0.2) is 6.04 Å². The lowest BCUT2D eigenvalue weighted by molar-refractivity contribution is -0.138. The normalized spacial score (nSPS) is 12.5. The van der Waals surface area contributed by atoms with Gasteiger partial charge < -0.3 is 14.6 Å². The van der Waals surface area contributed by atoms with Gasteiger partial charge in [-0.25, -0.2) is 9.59 Å². The Hall–Kier alpha value is -3.41. The molecule has 126 valence electrons.